The fourth-order valence-electron chi connectivity index (χ4n) is 0. The molecule has 6 heavy (non-hydrogen) atoms. The summed E-state index contributed by atoms with van der Waals surface area (Å²) in [4.78, 5) is 0. The first-order chi connectivity index (χ1) is 2.56. The number of halogens is 1. The van der Waals surface area contributed by atoms with Crippen LogP contribution in [0.4, 0.5) is 0 Å². The molecule has 0 aromatic heterocycles. The second-order valence-electron chi connectivity index (χ2n) is 2.34. The van der Waals surface area contributed by atoms with E-state index in [4.69, 9.17) is 0 Å². The van der Waals surface area contributed by atoms with Crippen molar-refractivity contribution in [2.75, 3.05) is 0 Å². The van der Waals surface area contributed by atoms with Gasteiger partial charge in [0.25, 0.3) is 0 Å². The molecule has 0 fully saturated rings. The summed E-state index contributed by atoms with van der Waals surface area (Å²) >= 11 is 2.48. The highest BCUT2D eigenvalue weighted by Crippen LogP contribution is 1.99. The molecule has 0 unspecified atom stereocenters. The van der Waals surface area contributed by atoms with E-state index in [0.717, 1.165) is 0 Å². The quantitative estimate of drug-likeness (QED) is 0.365. The normalized spacial score (nSPS) is 12.0. The first kappa shape index (κ1) is 7.16. The third kappa shape index (κ3) is 5.16. The predicted molar refractivity (Wildman–Crippen MR) is 43.1 cm³/mol. The van der Waals surface area contributed by atoms with E-state index in [-0.39, 0.29) is 0 Å². The Balaban J connectivity index is 3.17. The van der Waals surface area contributed by atoms with E-state index in [0.29, 0.717) is 0 Å². The Morgan fingerprint density at radius 2 is 1.50 bits per heavy atom. The molecule has 0 bridgehead atoms. The molecule has 0 aliphatic rings. The molecule has 0 aliphatic carbocycles. The maximum absolute atomic E-state index is 2.48. The lowest BCUT2D eigenvalue weighted by Gasteiger charge is -2.06. The van der Waals surface area contributed by atoms with Gasteiger partial charge in [-0.15, -0.1) is 21.8 Å². The molecule has 0 amide bonds. The van der Waals surface area contributed by atoms with Gasteiger partial charge in [0, 0.05) is 7.59 Å². The standard InChI is InChI=1S/C3H9ISi2/c1-6(2,3)5-4/h1-3H3. The lowest BCUT2D eigenvalue weighted by molar-refractivity contribution is 1.87. The largest absolute Gasteiger partial charge is 0.128 e. The fourth-order valence-corrected chi connectivity index (χ4v) is 0. The van der Waals surface area contributed by atoms with E-state index in [1.807, 2.05) is 0 Å². The monoisotopic (exact) mass is 228 g/mol. The van der Waals surface area contributed by atoms with Gasteiger partial charge in [0.1, 0.15) is 6.53 Å². The third-order valence-electron chi connectivity index (χ3n) is 0.283. The van der Waals surface area contributed by atoms with Gasteiger partial charge in [-0.1, -0.05) is 19.6 Å². The molecule has 0 rings (SSSR count). The van der Waals surface area contributed by atoms with Gasteiger partial charge in [0.15, 0.2) is 0 Å². The van der Waals surface area contributed by atoms with E-state index < -0.39 is 7.59 Å². The van der Waals surface area contributed by atoms with Crippen LogP contribution in [0.25, 0.3) is 0 Å². The van der Waals surface area contributed by atoms with Crippen molar-refractivity contribution in [3.8, 4) is 0 Å². The molecule has 36 valence electrons. The molecule has 0 spiro atoms. The van der Waals surface area contributed by atoms with Gasteiger partial charge in [0.2, 0.25) is 0 Å². The topological polar surface area (TPSA) is 0 Å². The Bertz CT molecular complexity index is 38.5. The van der Waals surface area contributed by atoms with Crippen molar-refractivity contribution in [3.05, 3.63) is 0 Å². The smallest absolute Gasteiger partial charge is 0.118 e. The molecule has 0 aliphatic heterocycles. The van der Waals surface area contributed by atoms with E-state index >= 15 is 0 Å². The van der Waals surface area contributed by atoms with Crippen molar-refractivity contribution in [1.29, 1.82) is 0 Å². The second-order valence-corrected chi connectivity index (χ2v) is 17.0. The summed E-state index contributed by atoms with van der Waals surface area (Å²) in [5.41, 5.74) is 0. The van der Waals surface area contributed by atoms with Crippen LogP contribution in [0, 0.1) is 0 Å². The first-order valence-corrected chi connectivity index (χ1v) is 10.6. The zero-order valence-electron chi connectivity index (χ0n) is 4.38. The van der Waals surface area contributed by atoms with Crippen LogP contribution in [-0.2, 0) is 0 Å². The van der Waals surface area contributed by atoms with Crippen LogP contribution in [-0.4, -0.2) is 14.1 Å². The predicted octanol–water partition coefficient (Wildman–Crippen LogP) is 1.88. The van der Waals surface area contributed by atoms with Gasteiger partial charge in [-0.25, -0.2) is 0 Å². The van der Waals surface area contributed by atoms with Crippen LogP contribution < -0.4 is 0 Å². The highest BCUT2D eigenvalue weighted by Gasteiger charge is 2.09. The van der Waals surface area contributed by atoms with Crippen molar-refractivity contribution in [2.24, 2.45) is 0 Å². The van der Waals surface area contributed by atoms with Crippen molar-refractivity contribution in [3.63, 3.8) is 0 Å². The number of rotatable bonds is 1. The average Bonchev–Trinajstić information content (AvgIpc) is 1.35. The van der Waals surface area contributed by atoms with Crippen LogP contribution in [0.1, 0.15) is 0 Å². The molecule has 0 saturated heterocycles. The Hall–Kier alpha value is 1.16. The van der Waals surface area contributed by atoms with Gasteiger partial charge >= 0.3 is 0 Å². The zero-order valence-corrected chi connectivity index (χ0v) is 8.54. The number of hydrogen-bond donors (Lipinski definition) is 0. The van der Waals surface area contributed by atoms with Crippen molar-refractivity contribution < 1.29 is 0 Å². The molecule has 0 nitrogen and oxygen atoms in total. The maximum atomic E-state index is 2.48. The van der Waals surface area contributed by atoms with Gasteiger partial charge < -0.3 is 0 Å². The van der Waals surface area contributed by atoms with Crippen molar-refractivity contribution in [2.45, 2.75) is 19.6 Å². The number of hydrogen-bond acceptors (Lipinski definition) is 0. The lowest BCUT2D eigenvalue weighted by Crippen LogP contribution is -2.25. The van der Waals surface area contributed by atoms with Gasteiger partial charge in [-0.05, 0) is 0 Å². The Morgan fingerprint density at radius 3 is 1.50 bits per heavy atom. The molecule has 0 heterocycles. The van der Waals surface area contributed by atoms with Crippen LogP contribution >= 0.6 is 21.8 Å². The summed E-state index contributed by atoms with van der Waals surface area (Å²) < 4.78 is 0. The average molecular weight is 228 g/mol. The van der Waals surface area contributed by atoms with Gasteiger partial charge in [-0.3, -0.25) is 0 Å². The summed E-state index contributed by atoms with van der Waals surface area (Å²) in [6.07, 6.45) is 0. The van der Waals surface area contributed by atoms with Crippen LogP contribution in [0.5, 0.6) is 0 Å². The Kier molecular flexibility index (Phi) is 2.94. The summed E-state index contributed by atoms with van der Waals surface area (Å²) in [7, 11) is -0.617. The molecule has 0 saturated carbocycles. The molecule has 0 atom stereocenters. The minimum absolute atomic E-state index is 0.617. The highest BCUT2D eigenvalue weighted by molar-refractivity contribution is 14.1. The maximum Gasteiger partial charge on any atom is 0.118 e. The van der Waals surface area contributed by atoms with Gasteiger partial charge in [-0.2, -0.15) is 0 Å². The summed E-state index contributed by atoms with van der Waals surface area (Å²) in [6.45, 7) is 8.34. The molecule has 0 N–H and O–H groups in total. The third-order valence-corrected chi connectivity index (χ3v) is 17.1. The minimum Gasteiger partial charge on any atom is -0.128 e. The van der Waals surface area contributed by atoms with Crippen molar-refractivity contribution >= 4 is 35.9 Å². The van der Waals surface area contributed by atoms with E-state index in [1.165, 1.54) is 6.53 Å². The van der Waals surface area contributed by atoms with E-state index in [1.54, 1.807) is 0 Å². The van der Waals surface area contributed by atoms with E-state index in [9.17, 15) is 0 Å². The molecule has 2 radical (unpaired) electrons. The molecule has 3 heteroatoms. The summed E-state index contributed by atoms with van der Waals surface area (Å²) in [6, 6.07) is 0. The minimum atomic E-state index is -0.617. The molecule has 0 aromatic rings. The fraction of sp³-hybridized carbons (Fsp3) is 1.00. The summed E-state index contributed by atoms with van der Waals surface area (Å²) in [5, 5.41) is 0. The van der Waals surface area contributed by atoms with Crippen LogP contribution in [0.2, 0.25) is 19.6 Å². The van der Waals surface area contributed by atoms with Crippen LogP contribution in [0.15, 0.2) is 0 Å². The van der Waals surface area contributed by atoms with Gasteiger partial charge in [0.05, 0.1) is 0 Å². The second kappa shape index (κ2) is 2.47. The molecular formula is C3H9ISi2. The molecule has 0 aromatic carbocycles. The molecular weight excluding hydrogens is 219 g/mol. The lowest BCUT2D eigenvalue weighted by atomic mass is 11.8. The zero-order chi connectivity index (χ0) is 5.21. The summed E-state index contributed by atoms with van der Waals surface area (Å²) in [5.74, 6) is 0. The highest BCUT2D eigenvalue weighted by atomic mass is 127. The Labute approximate surface area is 55.5 Å². The SMILES string of the molecule is C[Si](C)(C)[Si]I. The first-order valence-electron chi connectivity index (χ1n) is 1.94. The van der Waals surface area contributed by atoms with E-state index in [2.05, 4.69) is 41.4 Å². The Morgan fingerprint density at radius 1 is 1.33 bits per heavy atom. The van der Waals surface area contributed by atoms with Crippen LogP contribution in [0.3, 0.4) is 0 Å². The van der Waals surface area contributed by atoms with Crippen molar-refractivity contribution in [1.82, 2.24) is 0 Å².